The highest BCUT2D eigenvalue weighted by molar-refractivity contribution is 6.23. The zero-order valence-corrected chi connectivity index (χ0v) is 11.9. The van der Waals surface area contributed by atoms with Crippen molar-refractivity contribution in [1.82, 2.24) is 0 Å². The van der Waals surface area contributed by atoms with Crippen LogP contribution in [-0.2, 0) is 0 Å². The third-order valence-electron chi connectivity index (χ3n) is 4.72. The molecule has 0 saturated heterocycles. The van der Waals surface area contributed by atoms with Gasteiger partial charge in [0.05, 0.1) is 0 Å². The van der Waals surface area contributed by atoms with Crippen LogP contribution in [-0.4, -0.2) is 0 Å². The van der Waals surface area contributed by atoms with Crippen molar-refractivity contribution in [3.63, 3.8) is 0 Å². The van der Waals surface area contributed by atoms with Gasteiger partial charge in [0.25, 0.3) is 0 Å². The fourth-order valence-corrected chi connectivity index (χ4v) is 3.83. The van der Waals surface area contributed by atoms with Gasteiger partial charge in [-0.15, -0.1) is 0 Å². The predicted molar refractivity (Wildman–Crippen MR) is 90.6 cm³/mol. The summed E-state index contributed by atoms with van der Waals surface area (Å²) in [5.41, 5.74) is 6.93. The van der Waals surface area contributed by atoms with Crippen molar-refractivity contribution in [2.24, 2.45) is 0 Å². The molecular weight excluding hydrogens is 252 g/mol. The molecule has 1 aliphatic carbocycles. The van der Waals surface area contributed by atoms with Crippen molar-refractivity contribution < 1.29 is 0 Å². The molecule has 0 bridgehead atoms. The average molecular weight is 266 g/mol. The molecule has 0 unspecified atom stereocenters. The Balaban J connectivity index is 2.12. The van der Waals surface area contributed by atoms with Gasteiger partial charge in [0, 0.05) is 0 Å². The van der Waals surface area contributed by atoms with Gasteiger partial charge in [-0.05, 0) is 62.4 Å². The molecule has 5 rings (SSSR count). The van der Waals surface area contributed by atoms with Crippen LogP contribution in [0.5, 0.6) is 0 Å². The van der Waals surface area contributed by atoms with E-state index in [9.17, 15) is 0 Å². The van der Waals surface area contributed by atoms with Crippen molar-refractivity contribution in [3.05, 3.63) is 72.3 Å². The summed E-state index contributed by atoms with van der Waals surface area (Å²) in [6.45, 7) is 2.21. The van der Waals surface area contributed by atoms with E-state index >= 15 is 0 Å². The Morgan fingerprint density at radius 2 is 1.38 bits per heavy atom. The maximum atomic E-state index is 2.36. The van der Waals surface area contributed by atoms with Crippen LogP contribution in [0, 0.1) is 6.92 Å². The highest BCUT2D eigenvalue weighted by atomic mass is 14.3. The van der Waals surface area contributed by atoms with Crippen LogP contribution < -0.4 is 0 Å². The first-order chi connectivity index (χ1) is 10.3. The third kappa shape index (κ3) is 1.30. The van der Waals surface area contributed by atoms with Gasteiger partial charge in [-0.25, -0.2) is 0 Å². The minimum atomic E-state index is 1.33. The zero-order chi connectivity index (χ0) is 14.0. The molecule has 4 aromatic carbocycles. The Morgan fingerprint density at radius 1 is 0.619 bits per heavy atom. The van der Waals surface area contributed by atoms with Gasteiger partial charge >= 0.3 is 0 Å². The van der Waals surface area contributed by atoms with E-state index in [0.29, 0.717) is 0 Å². The van der Waals surface area contributed by atoms with E-state index in [-0.39, 0.29) is 0 Å². The maximum absolute atomic E-state index is 2.36. The molecule has 0 N–H and O–H groups in total. The summed E-state index contributed by atoms with van der Waals surface area (Å²) in [5, 5.41) is 5.47. The van der Waals surface area contributed by atoms with E-state index in [1.807, 2.05) is 0 Å². The summed E-state index contributed by atoms with van der Waals surface area (Å²) >= 11 is 0. The van der Waals surface area contributed by atoms with Crippen molar-refractivity contribution in [2.75, 3.05) is 0 Å². The Hall–Kier alpha value is -2.60. The molecule has 0 atom stereocenters. The predicted octanol–water partition coefficient (Wildman–Crippen LogP) is 5.95. The minimum absolute atomic E-state index is 1.33. The molecule has 0 amide bonds. The van der Waals surface area contributed by atoms with Crippen molar-refractivity contribution in [1.29, 1.82) is 0 Å². The summed E-state index contributed by atoms with van der Waals surface area (Å²) in [6, 6.07) is 24.4. The number of rotatable bonds is 0. The number of fused-ring (bicyclic) bond motifs is 5. The fraction of sp³-hybridized carbons (Fsp3) is 0.0476. The molecule has 0 heterocycles. The molecule has 0 nitrogen and oxygen atoms in total. The van der Waals surface area contributed by atoms with Gasteiger partial charge < -0.3 is 0 Å². The van der Waals surface area contributed by atoms with Gasteiger partial charge in [-0.2, -0.15) is 0 Å². The Morgan fingerprint density at radius 3 is 2.33 bits per heavy atom. The maximum Gasteiger partial charge on any atom is -0.00198 e. The van der Waals surface area contributed by atoms with E-state index in [4.69, 9.17) is 0 Å². The van der Waals surface area contributed by atoms with Crippen molar-refractivity contribution in [2.45, 2.75) is 6.92 Å². The fourth-order valence-electron chi connectivity index (χ4n) is 3.83. The highest BCUT2D eigenvalue weighted by Gasteiger charge is 2.23. The number of aryl methyl sites for hydroxylation is 1. The van der Waals surface area contributed by atoms with Crippen LogP contribution in [0.15, 0.2) is 66.7 Å². The summed E-state index contributed by atoms with van der Waals surface area (Å²) < 4.78 is 0. The normalized spacial score (nSPS) is 12.0. The molecule has 0 fully saturated rings. The summed E-state index contributed by atoms with van der Waals surface area (Å²) in [7, 11) is 0. The molecule has 98 valence electrons. The van der Waals surface area contributed by atoms with Crippen LogP contribution >= 0.6 is 0 Å². The Labute approximate surface area is 123 Å². The first kappa shape index (κ1) is 11.1. The second-order valence-electron chi connectivity index (χ2n) is 5.87. The first-order valence-corrected chi connectivity index (χ1v) is 7.39. The molecular formula is C21H14. The second-order valence-corrected chi connectivity index (χ2v) is 5.87. The summed E-state index contributed by atoms with van der Waals surface area (Å²) in [4.78, 5) is 0. The summed E-state index contributed by atoms with van der Waals surface area (Å²) in [6.07, 6.45) is 0. The summed E-state index contributed by atoms with van der Waals surface area (Å²) in [5.74, 6) is 0. The lowest BCUT2D eigenvalue weighted by molar-refractivity contribution is 1.48. The molecule has 0 saturated carbocycles. The molecule has 0 spiro atoms. The number of hydrogen-bond acceptors (Lipinski definition) is 0. The van der Waals surface area contributed by atoms with Gasteiger partial charge in [-0.3, -0.25) is 0 Å². The molecule has 21 heavy (non-hydrogen) atoms. The average Bonchev–Trinajstić information content (AvgIpc) is 2.85. The first-order valence-electron chi connectivity index (χ1n) is 7.39. The second kappa shape index (κ2) is 3.73. The lowest BCUT2D eigenvalue weighted by Crippen LogP contribution is -1.82. The van der Waals surface area contributed by atoms with E-state index in [1.165, 1.54) is 49.4 Å². The smallest absolute Gasteiger partial charge is 0.00198 e. The van der Waals surface area contributed by atoms with Crippen LogP contribution in [0.3, 0.4) is 0 Å². The minimum Gasteiger partial charge on any atom is -0.0616 e. The van der Waals surface area contributed by atoms with E-state index < -0.39 is 0 Å². The lowest BCUT2D eigenvalue weighted by atomic mass is 9.95. The quantitative estimate of drug-likeness (QED) is 0.304. The van der Waals surface area contributed by atoms with Crippen LogP contribution in [0.4, 0.5) is 0 Å². The van der Waals surface area contributed by atoms with Gasteiger partial charge in [0.2, 0.25) is 0 Å². The molecule has 0 aliphatic heterocycles. The largest absolute Gasteiger partial charge is 0.0616 e. The standard InChI is InChI=1S/C21H14/c1-13-6-4-9-17-18-11-5-10-16-15-8-3-2-7-14(15)12-19(20(13)17)21(16)18/h2-12H,1H3. The molecule has 0 aromatic heterocycles. The highest BCUT2D eigenvalue weighted by Crippen LogP contribution is 2.50. The monoisotopic (exact) mass is 266 g/mol. The topological polar surface area (TPSA) is 0 Å². The third-order valence-corrected chi connectivity index (χ3v) is 4.72. The molecule has 1 aliphatic rings. The van der Waals surface area contributed by atoms with Crippen LogP contribution in [0.1, 0.15) is 5.56 Å². The van der Waals surface area contributed by atoms with Gasteiger partial charge in [-0.1, -0.05) is 60.7 Å². The van der Waals surface area contributed by atoms with Crippen LogP contribution in [0.25, 0.3) is 43.8 Å². The van der Waals surface area contributed by atoms with E-state index in [2.05, 4.69) is 73.7 Å². The van der Waals surface area contributed by atoms with Gasteiger partial charge in [0.15, 0.2) is 0 Å². The Kier molecular flexibility index (Phi) is 1.97. The van der Waals surface area contributed by atoms with Gasteiger partial charge in [0.1, 0.15) is 0 Å². The van der Waals surface area contributed by atoms with E-state index in [0.717, 1.165) is 0 Å². The van der Waals surface area contributed by atoms with E-state index in [1.54, 1.807) is 0 Å². The molecule has 0 heteroatoms. The van der Waals surface area contributed by atoms with Crippen molar-refractivity contribution in [3.8, 4) is 22.3 Å². The molecule has 0 radical (unpaired) electrons. The number of hydrogen-bond donors (Lipinski definition) is 0. The number of benzene rings is 4. The zero-order valence-electron chi connectivity index (χ0n) is 11.9. The molecule has 4 aromatic rings. The Bertz CT molecular complexity index is 1040. The van der Waals surface area contributed by atoms with Crippen LogP contribution in [0.2, 0.25) is 0 Å². The van der Waals surface area contributed by atoms with Crippen molar-refractivity contribution >= 4 is 21.5 Å². The SMILES string of the molecule is Cc1cccc2c1-c1cc3ccccc3c3cccc-2c13. The lowest BCUT2D eigenvalue weighted by Gasteiger charge is -2.08.